The molecule has 0 aliphatic heterocycles. The lowest BCUT2D eigenvalue weighted by Gasteiger charge is -2.02. The second kappa shape index (κ2) is 71.8. The van der Waals surface area contributed by atoms with E-state index in [1.165, 1.54) is 19.3 Å². The van der Waals surface area contributed by atoms with E-state index < -0.39 is 0 Å². The second-order valence-electron chi connectivity index (χ2n) is 3.11. The van der Waals surface area contributed by atoms with E-state index in [2.05, 4.69) is 72.7 Å². The van der Waals surface area contributed by atoms with Crippen LogP contribution in [-0.2, 0) is 9.53 Å². The molecule has 0 aromatic rings. The minimum Gasteiger partial charge on any atom is -0.463 e. The van der Waals surface area contributed by atoms with Crippen molar-refractivity contribution in [1.29, 1.82) is 0 Å². The largest absolute Gasteiger partial charge is 0.463 e. The highest BCUT2D eigenvalue weighted by Crippen LogP contribution is 2.05. The SMILES string of the molecule is C=C.C=C.C=C.C=C.C=C.CCCCCCCC(=O)OCCO. The van der Waals surface area contributed by atoms with Gasteiger partial charge < -0.3 is 9.84 Å². The van der Waals surface area contributed by atoms with Gasteiger partial charge in [-0.1, -0.05) is 32.6 Å². The topological polar surface area (TPSA) is 46.5 Å². The molecule has 0 heterocycles. The molecule has 0 aliphatic carbocycles. The van der Waals surface area contributed by atoms with Crippen LogP contribution in [0, 0.1) is 0 Å². The van der Waals surface area contributed by atoms with Crippen molar-refractivity contribution in [2.75, 3.05) is 13.2 Å². The van der Waals surface area contributed by atoms with Gasteiger partial charge in [0.1, 0.15) is 6.61 Å². The third-order valence-electron chi connectivity index (χ3n) is 1.84. The summed E-state index contributed by atoms with van der Waals surface area (Å²) in [7, 11) is 0. The quantitative estimate of drug-likeness (QED) is 0.343. The predicted octanol–water partition coefficient (Wildman–Crippen LogP) is 5.89. The first-order chi connectivity index (χ1) is 11.3. The van der Waals surface area contributed by atoms with E-state index >= 15 is 0 Å². The molecule has 0 aliphatic rings. The fourth-order valence-corrected chi connectivity index (χ4v) is 1.10. The number of aliphatic hydroxyl groups is 1. The summed E-state index contributed by atoms with van der Waals surface area (Å²) < 4.78 is 4.71. The van der Waals surface area contributed by atoms with Crippen molar-refractivity contribution in [2.24, 2.45) is 0 Å². The van der Waals surface area contributed by atoms with Gasteiger partial charge in [-0.2, -0.15) is 0 Å². The van der Waals surface area contributed by atoms with Crippen molar-refractivity contribution in [3.63, 3.8) is 0 Å². The number of ether oxygens (including phenoxy) is 1. The Bertz CT molecular complexity index is 170. The first-order valence-corrected chi connectivity index (χ1v) is 7.57. The summed E-state index contributed by atoms with van der Waals surface area (Å²) in [6.07, 6.45) is 6.15. The van der Waals surface area contributed by atoms with Gasteiger partial charge in [0.15, 0.2) is 0 Å². The van der Waals surface area contributed by atoms with Gasteiger partial charge in [-0.05, 0) is 6.42 Å². The van der Waals surface area contributed by atoms with E-state index in [1.807, 2.05) is 0 Å². The van der Waals surface area contributed by atoms with Crippen LogP contribution < -0.4 is 0 Å². The number of carbonyl (C=O) groups excluding carboxylic acids is 1. The maximum Gasteiger partial charge on any atom is 0.305 e. The lowest BCUT2D eigenvalue weighted by molar-refractivity contribution is -0.144. The third kappa shape index (κ3) is 79.4. The van der Waals surface area contributed by atoms with Crippen molar-refractivity contribution in [3.05, 3.63) is 65.8 Å². The van der Waals surface area contributed by atoms with Gasteiger partial charge in [0.2, 0.25) is 0 Å². The maximum absolute atomic E-state index is 10.9. The zero-order chi connectivity index (χ0) is 19.9. The molecular weight excluding hydrogens is 288 g/mol. The molecular formula is C20H40O3. The summed E-state index contributed by atoms with van der Waals surface area (Å²) in [6, 6.07) is 0. The van der Waals surface area contributed by atoms with Crippen LogP contribution in [0.3, 0.4) is 0 Å². The molecule has 0 bridgehead atoms. The third-order valence-corrected chi connectivity index (χ3v) is 1.84. The number of aliphatic hydroxyl groups excluding tert-OH is 1. The first kappa shape index (κ1) is 37.4. The van der Waals surface area contributed by atoms with Crippen molar-refractivity contribution < 1.29 is 14.6 Å². The number of hydrogen-bond donors (Lipinski definition) is 1. The van der Waals surface area contributed by atoms with Crippen LogP contribution in [0.5, 0.6) is 0 Å². The molecule has 0 aromatic carbocycles. The van der Waals surface area contributed by atoms with E-state index in [0.29, 0.717) is 6.42 Å². The minimum absolute atomic E-state index is 0.0818. The van der Waals surface area contributed by atoms with Gasteiger partial charge >= 0.3 is 5.97 Å². The van der Waals surface area contributed by atoms with E-state index in [9.17, 15) is 4.79 Å². The molecule has 3 heteroatoms. The number of unbranched alkanes of at least 4 members (excludes halogenated alkanes) is 4. The molecule has 0 aromatic heterocycles. The summed E-state index contributed by atoms with van der Waals surface area (Å²) in [5.41, 5.74) is 0. The summed E-state index contributed by atoms with van der Waals surface area (Å²) in [6.45, 7) is 32.2. The van der Waals surface area contributed by atoms with Crippen LogP contribution in [-0.4, -0.2) is 24.3 Å². The Morgan fingerprint density at radius 1 is 0.783 bits per heavy atom. The Morgan fingerprint density at radius 3 is 1.52 bits per heavy atom. The van der Waals surface area contributed by atoms with E-state index in [-0.39, 0.29) is 19.2 Å². The van der Waals surface area contributed by atoms with Crippen LogP contribution in [0.25, 0.3) is 0 Å². The molecule has 0 radical (unpaired) electrons. The first-order valence-electron chi connectivity index (χ1n) is 7.57. The molecule has 0 amide bonds. The fourth-order valence-electron chi connectivity index (χ4n) is 1.10. The Labute approximate surface area is 145 Å². The number of esters is 1. The summed E-state index contributed by atoms with van der Waals surface area (Å²) in [5.74, 6) is -0.189. The Hall–Kier alpha value is -1.87. The Morgan fingerprint density at radius 2 is 1.17 bits per heavy atom. The average molecular weight is 329 g/mol. The van der Waals surface area contributed by atoms with Crippen molar-refractivity contribution >= 4 is 5.97 Å². The van der Waals surface area contributed by atoms with Gasteiger partial charge in [-0.3, -0.25) is 4.79 Å². The second-order valence-corrected chi connectivity index (χ2v) is 3.11. The van der Waals surface area contributed by atoms with Crippen LogP contribution >= 0.6 is 0 Å². The molecule has 3 nitrogen and oxygen atoms in total. The number of hydrogen-bond acceptors (Lipinski definition) is 3. The van der Waals surface area contributed by atoms with Gasteiger partial charge in [0, 0.05) is 6.42 Å². The van der Waals surface area contributed by atoms with E-state index in [4.69, 9.17) is 9.84 Å². The van der Waals surface area contributed by atoms with Crippen LogP contribution in [0.4, 0.5) is 0 Å². The van der Waals surface area contributed by atoms with Crippen molar-refractivity contribution in [3.8, 4) is 0 Å². The molecule has 0 unspecified atom stereocenters. The van der Waals surface area contributed by atoms with Crippen LogP contribution in [0.1, 0.15) is 45.4 Å². The highest BCUT2D eigenvalue weighted by Gasteiger charge is 2.00. The molecule has 0 spiro atoms. The van der Waals surface area contributed by atoms with Gasteiger partial charge in [-0.25, -0.2) is 0 Å². The standard InChI is InChI=1S/C10H20O3.5C2H4/c1-2-3-4-5-6-7-10(12)13-9-8-11;5*1-2/h11H,2-9H2,1H3;5*1-2H2. The van der Waals surface area contributed by atoms with E-state index in [1.54, 1.807) is 0 Å². The predicted molar refractivity (Wildman–Crippen MR) is 108 cm³/mol. The minimum atomic E-state index is -0.189. The fraction of sp³-hybridized carbons (Fsp3) is 0.450. The number of carbonyl (C=O) groups is 1. The Kier molecular flexibility index (Phi) is 117. The monoisotopic (exact) mass is 328 g/mol. The van der Waals surface area contributed by atoms with Crippen LogP contribution in [0.15, 0.2) is 65.8 Å². The maximum atomic E-state index is 10.9. The number of rotatable bonds is 8. The lowest BCUT2D eigenvalue weighted by atomic mass is 10.1. The normalized spacial score (nSPS) is 6.52. The zero-order valence-electron chi connectivity index (χ0n) is 15.5. The molecule has 1 N–H and O–H groups in total. The molecule has 0 atom stereocenters. The molecule has 138 valence electrons. The summed E-state index contributed by atoms with van der Waals surface area (Å²) in [5, 5.41) is 8.38. The lowest BCUT2D eigenvalue weighted by Crippen LogP contribution is -2.07. The van der Waals surface area contributed by atoms with Gasteiger partial charge in [0.25, 0.3) is 0 Å². The molecule has 0 fully saturated rings. The molecule has 0 saturated carbocycles. The Balaban J connectivity index is -0.0000000611. The average Bonchev–Trinajstić information content (AvgIpc) is 2.68. The molecule has 0 rings (SSSR count). The van der Waals surface area contributed by atoms with Crippen LogP contribution in [0.2, 0.25) is 0 Å². The molecule has 23 heavy (non-hydrogen) atoms. The highest BCUT2D eigenvalue weighted by molar-refractivity contribution is 5.69. The smallest absolute Gasteiger partial charge is 0.305 e. The summed E-state index contributed by atoms with van der Waals surface area (Å²) >= 11 is 0. The molecule has 0 saturated heterocycles. The van der Waals surface area contributed by atoms with Crippen molar-refractivity contribution in [2.45, 2.75) is 45.4 Å². The van der Waals surface area contributed by atoms with Gasteiger partial charge in [-0.15, -0.1) is 65.8 Å². The van der Waals surface area contributed by atoms with E-state index in [0.717, 1.165) is 12.8 Å². The van der Waals surface area contributed by atoms with Crippen molar-refractivity contribution in [1.82, 2.24) is 0 Å². The summed E-state index contributed by atoms with van der Waals surface area (Å²) in [4.78, 5) is 10.9. The zero-order valence-corrected chi connectivity index (χ0v) is 15.5. The highest BCUT2D eigenvalue weighted by atomic mass is 16.5. The van der Waals surface area contributed by atoms with Gasteiger partial charge in [0.05, 0.1) is 6.61 Å².